The maximum Gasteiger partial charge on any atom is 0.258 e. The summed E-state index contributed by atoms with van der Waals surface area (Å²) in [4.78, 5) is 14.2. The Morgan fingerprint density at radius 3 is 2.65 bits per heavy atom. The zero-order valence-electron chi connectivity index (χ0n) is 14.1. The van der Waals surface area contributed by atoms with Crippen molar-refractivity contribution in [3.8, 4) is 0 Å². The fraction of sp³-hybridized carbons (Fsp3) is 0.375. The fourth-order valence-electron chi connectivity index (χ4n) is 2.88. The lowest BCUT2D eigenvalue weighted by Gasteiger charge is -2.22. The van der Waals surface area contributed by atoms with Crippen LogP contribution in [0.1, 0.15) is 16.8 Å². The number of hydrogen-bond acceptors (Lipinski definition) is 4. The van der Waals surface area contributed by atoms with Crippen LogP contribution in [0.2, 0.25) is 5.02 Å². The minimum absolute atomic E-state index is 0.0408. The van der Waals surface area contributed by atoms with Gasteiger partial charge < -0.3 is 4.90 Å². The summed E-state index contributed by atoms with van der Waals surface area (Å²) in [5.74, 6) is -1.22. The monoisotopic (exact) mass is 400 g/mol. The molecule has 1 saturated heterocycles. The van der Waals surface area contributed by atoms with Crippen LogP contribution in [0.5, 0.6) is 0 Å². The van der Waals surface area contributed by atoms with E-state index in [4.69, 9.17) is 11.6 Å². The molecule has 2 aromatic rings. The number of halogens is 2. The van der Waals surface area contributed by atoms with Gasteiger partial charge in [0.15, 0.2) is 0 Å². The van der Waals surface area contributed by atoms with Gasteiger partial charge in [-0.2, -0.15) is 9.40 Å². The summed E-state index contributed by atoms with van der Waals surface area (Å²) in [5, 5.41) is 3.93. The second kappa shape index (κ2) is 7.34. The Bertz CT molecular complexity index is 911. The number of carbonyl (C=O) groups is 1. The molecule has 1 amide bonds. The number of rotatable bonds is 3. The van der Waals surface area contributed by atoms with Gasteiger partial charge in [-0.25, -0.2) is 12.8 Å². The second-order valence-corrected chi connectivity index (χ2v) is 8.34. The molecule has 0 N–H and O–H groups in total. The molecule has 0 aliphatic carbocycles. The highest BCUT2D eigenvalue weighted by molar-refractivity contribution is 7.89. The molecular formula is C16H18ClFN4O3S. The average Bonchev–Trinajstić information content (AvgIpc) is 2.88. The van der Waals surface area contributed by atoms with Crippen LogP contribution >= 0.6 is 11.6 Å². The summed E-state index contributed by atoms with van der Waals surface area (Å²) < 4.78 is 42.1. The van der Waals surface area contributed by atoms with Crippen LogP contribution in [-0.4, -0.2) is 59.5 Å². The average molecular weight is 401 g/mol. The Morgan fingerprint density at radius 1 is 1.23 bits per heavy atom. The van der Waals surface area contributed by atoms with Crippen LogP contribution < -0.4 is 0 Å². The van der Waals surface area contributed by atoms with Gasteiger partial charge in [-0.3, -0.25) is 9.48 Å². The number of hydrogen-bond donors (Lipinski definition) is 0. The summed E-state index contributed by atoms with van der Waals surface area (Å²) in [5.41, 5.74) is -0.183. The number of nitrogens with zero attached hydrogens (tertiary/aromatic N) is 4. The standard InChI is InChI=1S/C16H18ClFN4O3S/c1-20-11-12(10-19-20)26(24,25)22-7-3-6-21(8-9-22)16(23)15-13(17)4-2-5-14(15)18/h2,4-5,10-11H,3,6-9H2,1H3. The van der Waals surface area contributed by atoms with Gasteiger partial charge in [-0.15, -0.1) is 0 Å². The van der Waals surface area contributed by atoms with E-state index in [9.17, 15) is 17.6 Å². The SMILES string of the molecule is Cn1cc(S(=O)(=O)N2CCCN(C(=O)c3c(F)cccc3Cl)CC2)cn1. The number of amides is 1. The first-order valence-electron chi connectivity index (χ1n) is 8.03. The smallest absolute Gasteiger partial charge is 0.258 e. The Morgan fingerprint density at radius 2 is 2.00 bits per heavy atom. The highest BCUT2D eigenvalue weighted by atomic mass is 35.5. The van der Waals surface area contributed by atoms with Gasteiger partial charge in [0, 0.05) is 39.4 Å². The minimum Gasteiger partial charge on any atom is -0.337 e. The summed E-state index contributed by atoms with van der Waals surface area (Å²) in [7, 11) is -2.04. The lowest BCUT2D eigenvalue weighted by Crippen LogP contribution is -2.37. The molecule has 0 unspecified atom stereocenters. The lowest BCUT2D eigenvalue weighted by atomic mass is 10.1. The van der Waals surface area contributed by atoms with E-state index in [-0.39, 0.29) is 35.1 Å². The van der Waals surface area contributed by atoms with Gasteiger partial charge in [0.05, 0.1) is 16.8 Å². The fourth-order valence-corrected chi connectivity index (χ4v) is 4.58. The number of aryl methyl sites for hydroxylation is 1. The summed E-state index contributed by atoms with van der Waals surface area (Å²) in [6.07, 6.45) is 3.17. The van der Waals surface area contributed by atoms with E-state index in [1.807, 2.05) is 0 Å². The van der Waals surface area contributed by atoms with Gasteiger partial charge in [0.25, 0.3) is 5.91 Å². The van der Waals surface area contributed by atoms with Crippen LogP contribution in [0, 0.1) is 5.82 Å². The number of aromatic nitrogens is 2. The predicted molar refractivity (Wildman–Crippen MR) is 93.9 cm³/mol. The molecule has 1 aliphatic rings. The molecule has 0 atom stereocenters. The van der Waals surface area contributed by atoms with Crippen molar-refractivity contribution in [1.82, 2.24) is 19.0 Å². The first-order valence-corrected chi connectivity index (χ1v) is 9.84. The largest absolute Gasteiger partial charge is 0.337 e. The van der Waals surface area contributed by atoms with Gasteiger partial charge in [0.1, 0.15) is 10.7 Å². The molecule has 0 radical (unpaired) electrons. The summed E-state index contributed by atoms with van der Waals surface area (Å²) >= 11 is 5.96. The highest BCUT2D eigenvalue weighted by Crippen LogP contribution is 2.22. The lowest BCUT2D eigenvalue weighted by molar-refractivity contribution is 0.0759. The Labute approximate surface area is 156 Å². The molecule has 0 spiro atoms. The summed E-state index contributed by atoms with van der Waals surface area (Å²) in [6.45, 7) is 0.868. The molecule has 7 nitrogen and oxygen atoms in total. The Balaban J connectivity index is 1.77. The number of sulfonamides is 1. The van der Waals surface area contributed by atoms with E-state index >= 15 is 0 Å². The molecule has 0 bridgehead atoms. The van der Waals surface area contributed by atoms with Crippen molar-refractivity contribution in [3.63, 3.8) is 0 Å². The molecule has 10 heteroatoms. The second-order valence-electron chi connectivity index (χ2n) is 6.00. The Kier molecular flexibility index (Phi) is 5.31. The quantitative estimate of drug-likeness (QED) is 0.786. The van der Waals surface area contributed by atoms with E-state index in [0.29, 0.717) is 13.0 Å². The molecule has 1 aliphatic heterocycles. The third-order valence-electron chi connectivity index (χ3n) is 4.24. The predicted octanol–water partition coefficient (Wildman–Crippen LogP) is 1.75. The topological polar surface area (TPSA) is 75.5 Å². The van der Waals surface area contributed by atoms with E-state index in [2.05, 4.69) is 5.10 Å². The van der Waals surface area contributed by atoms with E-state index < -0.39 is 21.7 Å². The van der Waals surface area contributed by atoms with E-state index in [0.717, 1.165) is 0 Å². The third kappa shape index (κ3) is 3.60. The maximum absolute atomic E-state index is 14.0. The zero-order valence-corrected chi connectivity index (χ0v) is 15.7. The van der Waals surface area contributed by atoms with Gasteiger partial charge in [0.2, 0.25) is 10.0 Å². The molecule has 3 rings (SSSR count). The molecule has 0 saturated carbocycles. The van der Waals surface area contributed by atoms with E-state index in [1.165, 1.54) is 44.5 Å². The molecule has 1 fully saturated rings. The molecule has 26 heavy (non-hydrogen) atoms. The van der Waals surface area contributed by atoms with Crippen LogP contribution in [-0.2, 0) is 17.1 Å². The van der Waals surface area contributed by atoms with Crippen molar-refractivity contribution in [3.05, 3.63) is 47.0 Å². The summed E-state index contributed by atoms with van der Waals surface area (Å²) in [6, 6.07) is 4.06. The van der Waals surface area contributed by atoms with Crippen LogP contribution in [0.3, 0.4) is 0 Å². The molecular weight excluding hydrogens is 383 g/mol. The first kappa shape index (κ1) is 18.8. The molecule has 1 aromatic carbocycles. The van der Waals surface area contributed by atoms with Crippen molar-refractivity contribution >= 4 is 27.5 Å². The molecule has 140 valence electrons. The minimum atomic E-state index is -3.68. The normalized spacial score (nSPS) is 16.5. The van der Waals surface area contributed by atoms with Gasteiger partial charge >= 0.3 is 0 Å². The maximum atomic E-state index is 14.0. The third-order valence-corrected chi connectivity index (χ3v) is 6.40. The van der Waals surface area contributed by atoms with Crippen molar-refractivity contribution < 1.29 is 17.6 Å². The van der Waals surface area contributed by atoms with Crippen LogP contribution in [0.25, 0.3) is 0 Å². The van der Waals surface area contributed by atoms with Crippen molar-refractivity contribution in [2.24, 2.45) is 7.05 Å². The zero-order chi connectivity index (χ0) is 18.9. The van der Waals surface area contributed by atoms with Crippen molar-refractivity contribution in [1.29, 1.82) is 0 Å². The van der Waals surface area contributed by atoms with Crippen LogP contribution in [0.4, 0.5) is 4.39 Å². The molecule has 1 aromatic heterocycles. The van der Waals surface area contributed by atoms with Crippen molar-refractivity contribution in [2.75, 3.05) is 26.2 Å². The van der Waals surface area contributed by atoms with E-state index in [1.54, 1.807) is 7.05 Å². The Hall–Kier alpha value is -1.97. The molecule has 2 heterocycles. The van der Waals surface area contributed by atoms with Gasteiger partial charge in [-0.1, -0.05) is 17.7 Å². The van der Waals surface area contributed by atoms with Crippen LogP contribution in [0.15, 0.2) is 35.5 Å². The number of carbonyl (C=O) groups excluding carboxylic acids is 1. The highest BCUT2D eigenvalue weighted by Gasteiger charge is 2.30. The van der Waals surface area contributed by atoms with Gasteiger partial charge in [-0.05, 0) is 18.6 Å². The number of benzene rings is 1. The van der Waals surface area contributed by atoms with Crippen molar-refractivity contribution in [2.45, 2.75) is 11.3 Å². The first-order chi connectivity index (χ1) is 12.3.